The van der Waals surface area contributed by atoms with Gasteiger partial charge in [0.1, 0.15) is 6.61 Å². The minimum atomic E-state index is -0.166. The molecule has 100 valence electrons. The maximum atomic E-state index is 11.5. The van der Waals surface area contributed by atoms with Crippen LogP contribution in [0.25, 0.3) is 0 Å². The Balaban J connectivity index is 1.60. The molecule has 1 fully saturated rings. The average Bonchev–Trinajstić information content (AvgIpc) is 2.70. The number of carbonyl (C=O) groups is 1. The van der Waals surface area contributed by atoms with E-state index >= 15 is 0 Å². The molecule has 1 aromatic heterocycles. The largest absolute Gasteiger partial charge is 0.363 e. The molecule has 0 spiro atoms. The molecule has 2 rings (SSSR count). The minimum absolute atomic E-state index is 0.0629. The van der Waals surface area contributed by atoms with E-state index in [9.17, 15) is 4.79 Å². The van der Waals surface area contributed by atoms with Crippen LogP contribution in [0.3, 0.4) is 0 Å². The zero-order valence-corrected chi connectivity index (χ0v) is 10.9. The number of aromatic nitrogens is 2. The highest BCUT2D eigenvalue weighted by Gasteiger charge is 2.32. The number of amides is 1. The highest BCUT2D eigenvalue weighted by atomic mass is 16.5. The summed E-state index contributed by atoms with van der Waals surface area (Å²) < 4.78 is 7.30. The number of hydrogen-bond acceptors (Lipinski definition) is 4. The Morgan fingerprint density at radius 2 is 2.44 bits per heavy atom. The van der Waals surface area contributed by atoms with Crippen LogP contribution >= 0.6 is 0 Å². The van der Waals surface area contributed by atoms with E-state index in [0.29, 0.717) is 6.54 Å². The van der Waals surface area contributed by atoms with Gasteiger partial charge < -0.3 is 15.4 Å². The number of ether oxygens (including phenoxy) is 1. The quantitative estimate of drug-likeness (QED) is 0.713. The van der Waals surface area contributed by atoms with Gasteiger partial charge in [-0.05, 0) is 18.9 Å². The van der Waals surface area contributed by atoms with Gasteiger partial charge >= 0.3 is 0 Å². The highest BCUT2D eigenvalue weighted by molar-refractivity contribution is 5.77. The SMILES string of the molecule is Cn1cc(CCNC(=O)COC2(C)CNC2)cn1. The summed E-state index contributed by atoms with van der Waals surface area (Å²) in [5.74, 6) is -0.0629. The third kappa shape index (κ3) is 3.54. The van der Waals surface area contributed by atoms with Crippen LogP contribution in [0.1, 0.15) is 12.5 Å². The Kier molecular flexibility index (Phi) is 3.98. The lowest BCUT2D eigenvalue weighted by Crippen LogP contribution is -2.59. The Morgan fingerprint density at radius 1 is 1.67 bits per heavy atom. The molecule has 1 amide bonds. The van der Waals surface area contributed by atoms with Crippen LogP contribution in [0.2, 0.25) is 0 Å². The molecule has 0 saturated carbocycles. The number of hydrogen-bond donors (Lipinski definition) is 2. The van der Waals surface area contributed by atoms with Gasteiger partial charge in [-0.1, -0.05) is 0 Å². The van der Waals surface area contributed by atoms with Gasteiger partial charge in [-0.15, -0.1) is 0 Å². The fourth-order valence-corrected chi connectivity index (χ4v) is 1.82. The first-order valence-corrected chi connectivity index (χ1v) is 6.16. The maximum Gasteiger partial charge on any atom is 0.246 e. The highest BCUT2D eigenvalue weighted by Crippen LogP contribution is 2.14. The summed E-state index contributed by atoms with van der Waals surface area (Å²) in [5, 5.41) is 10.0. The topological polar surface area (TPSA) is 68.2 Å². The summed E-state index contributed by atoms with van der Waals surface area (Å²) >= 11 is 0. The number of rotatable bonds is 6. The van der Waals surface area contributed by atoms with E-state index in [4.69, 9.17) is 4.74 Å². The number of nitrogens with zero attached hydrogens (tertiary/aromatic N) is 2. The van der Waals surface area contributed by atoms with E-state index in [0.717, 1.165) is 25.1 Å². The van der Waals surface area contributed by atoms with Crippen LogP contribution < -0.4 is 10.6 Å². The second-order valence-corrected chi connectivity index (χ2v) is 4.96. The lowest BCUT2D eigenvalue weighted by Gasteiger charge is -2.38. The maximum absolute atomic E-state index is 11.5. The van der Waals surface area contributed by atoms with Crippen molar-refractivity contribution in [3.63, 3.8) is 0 Å². The number of nitrogens with one attached hydrogen (secondary N) is 2. The van der Waals surface area contributed by atoms with Gasteiger partial charge in [-0.2, -0.15) is 5.10 Å². The van der Waals surface area contributed by atoms with E-state index in [1.54, 1.807) is 4.68 Å². The molecule has 0 bridgehead atoms. The van der Waals surface area contributed by atoms with Crippen LogP contribution in [0.5, 0.6) is 0 Å². The Labute approximate surface area is 107 Å². The van der Waals surface area contributed by atoms with Gasteiger partial charge in [0.25, 0.3) is 0 Å². The summed E-state index contributed by atoms with van der Waals surface area (Å²) in [6.45, 7) is 4.38. The predicted molar refractivity (Wildman–Crippen MR) is 67.1 cm³/mol. The van der Waals surface area contributed by atoms with E-state index in [2.05, 4.69) is 15.7 Å². The van der Waals surface area contributed by atoms with E-state index in [1.807, 2.05) is 26.4 Å². The summed E-state index contributed by atoms with van der Waals surface area (Å²) in [5.41, 5.74) is 0.953. The first kappa shape index (κ1) is 13.0. The first-order chi connectivity index (χ1) is 8.57. The fraction of sp³-hybridized carbons (Fsp3) is 0.667. The summed E-state index contributed by atoms with van der Waals surface area (Å²) in [7, 11) is 1.88. The summed E-state index contributed by atoms with van der Waals surface area (Å²) in [6, 6.07) is 0. The molecule has 0 radical (unpaired) electrons. The molecule has 2 N–H and O–H groups in total. The second-order valence-electron chi connectivity index (χ2n) is 4.96. The van der Waals surface area contributed by atoms with Crippen molar-refractivity contribution in [2.24, 2.45) is 7.05 Å². The first-order valence-electron chi connectivity index (χ1n) is 6.16. The van der Waals surface area contributed by atoms with Crippen molar-refractivity contribution in [1.29, 1.82) is 0 Å². The predicted octanol–water partition coefficient (Wildman–Crippen LogP) is -0.543. The minimum Gasteiger partial charge on any atom is -0.363 e. The van der Waals surface area contributed by atoms with E-state index in [-0.39, 0.29) is 18.1 Å². The molecular weight excluding hydrogens is 232 g/mol. The van der Waals surface area contributed by atoms with Crippen LogP contribution in [0.4, 0.5) is 0 Å². The normalized spacial score (nSPS) is 17.2. The van der Waals surface area contributed by atoms with Gasteiger partial charge in [0.2, 0.25) is 5.91 Å². The van der Waals surface area contributed by atoms with Crippen molar-refractivity contribution >= 4 is 5.91 Å². The molecule has 18 heavy (non-hydrogen) atoms. The zero-order chi connectivity index (χ0) is 13.0. The van der Waals surface area contributed by atoms with Crippen molar-refractivity contribution < 1.29 is 9.53 Å². The molecule has 0 aromatic carbocycles. The second kappa shape index (κ2) is 5.49. The number of carbonyl (C=O) groups excluding carboxylic acids is 1. The molecular formula is C12H20N4O2. The van der Waals surface area contributed by atoms with Gasteiger partial charge in [0, 0.05) is 32.9 Å². The van der Waals surface area contributed by atoms with Crippen LogP contribution in [-0.4, -0.2) is 47.5 Å². The smallest absolute Gasteiger partial charge is 0.246 e. The molecule has 1 aromatic rings. The standard InChI is InChI=1S/C12H20N4O2/c1-12(8-13-9-12)18-7-11(17)14-4-3-10-5-15-16(2)6-10/h5-6,13H,3-4,7-9H2,1-2H3,(H,14,17). The third-order valence-electron chi connectivity index (χ3n) is 3.04. The molecule has 1 aliphatic heterocycles. The van der Waals surface area contributed by atoms with Gasteiger partial charge in [-0.3, -0.25) is 9.48 Å². The lowest BCUT2D eigenvalue weighted by atomic mass is 10.0. The molecule has 2 heterocycles. The van der Waals surface area contributed by atoms with Crippen molar-refractivity contribution in [3.8, 4) is 0 Å². The van der Waals surface area contributed by atoms with E-state index < -0.39 is 0 Å². The van der Waals surface area contributed by atoms with Gasteiger partial charge in [0.05, 0.1) is 11.8 Å². The molecule has 1 aliphatic rings. The summed E-state index contributed by atoms with van der Waals surface area (Å²) in [6.07, 6.45) is 4.55. The molecule has 1 saturated heterocycles. The Morgan fingerprint density at radius 3 is 3.00 bits per heavy atom. The molecule has 0 atom stereocenters. The summed E-state index contributed by atoms with van der Waals surface area (Å²) in [4.78, 5) is 11.5. The van der Waals surface area contributed by atoms with Crippen molar-refractivity contribution in [2.45, 2.75) is 18.9 Å². The fourth-order valence-electron chi connectivity index (χ4n) is 1.82. The lowest BCUT2D eigenvalue weighted by molar-refractivity contribution is -0.135. The van der Waals surface area contributed by atoms with Gasteiger partial charge in [-0.25, -0.2) is 0 Å². The van der Waals surface area contributed by atoms with E-state index in [1.165, 1.54) is 0 Å². The third-order valence-corrected chi connectivity index (χ3v) is 3.04. The molecule has 0 unspecified atom stereocenters. The van der Waals surface area contributed by atoms with Crippen LogP contribution in [-0.2, 0) is 23.0 Å². The van der Waals surface area contributed by atoms with Crippen molar-refractivity contribution in [3.05, 3.63) is 18.0 Å². The Hall–Kier alpha value is -1.40. The average molecular weight is 252 g/mol. The zero-order valence-electron chi connectivity index (χ0n) is 10.9. The Bertz CT molecular complexity index is 412. The van der Waals surface area contributed by atoms with Crippen molar-refractivity contribution in [1.82, 2.24) is 20.4 Å². The monoisotopic (exact) mass is 252 g/mol. The van der Waals surface area contributed by atoms with Crippen LogP contribution in [0.15, 0.2) is 12.4 Å². The molecule has 6 nitrogen and oxygen atoms in total. The molecule has 0 aliphatic carbocycles. The van der Waals surface area contributed by atoms with Crippen LogP contribution in [0, 0.1) is 0 Å². The van der Waals surface area contributed by atoms with Gasteiger partial charge in [0.15, 0.2) is 0 Å². The molecule has 6 heteroatoms. The van der Waals surface area contributed by atoms with Crippen molar-refractivity contribution in [2.75, 3.05) is 26.2 Å². The number of aryl methyl sites for hydroxylation is 1.